The van der Waals surface area contributed by atoms with Gasteiger partial charge in [0.25, 0.3) is 0 Å². The number of hydrogen-bond acceptors (Lipinski definition) is 3. The minimum absolute atomic E-state index is 0.697. The third-order valence-electron chi connectivity index (χ3n) is 1.39. The lowest BCUT2D eigenvalue weighted by molar-refractivity contribution is 0.268. The first kappa shape index (κ1) is 6.35. The first-order valence-electron chi connectivity index (χ1n) is 3.04. The number of fused-ring (bicyclic) bond motifs is 1. The highest BCUT2D eigenvalue weighted by molar-refractivity contribution is 5.98. The summed E-state index contributed by atoms with van der Waals surface area (Å²) in [5, 5.41) is 4.85. The zero-order valence-electron chi connectivity index (χ0n) is 5.56. The van der Waals surface area contributed by atoms with Crippen LogP contribution in [-0.4, -0.2) is 25.4 Å². The Morgan fingerprint density at radius 2 is 2.45 bits per heavy atom. The second kappa shape index (κ2) is 2.35. The van der Waals surface area contributed by atoms with E-state index in [4.69, 9.17) is 4.53 Å². The molecule has 5 heteroatoms. The minimum atomic E-state index is 0.697. The molecule has 3 radical (unpaired) electrons. The fourth-order valence-corrected chi connectivity index (χ4v) is 1.04. The molecule has 11 heavy (non-hydrogen) atoms. The molecule has 0 fully saturated rings. The van der Waals surface area contributed by atoms with Crippen molar-refractivity contribution in [2.75, 3.05) is 0 Å². The molecule has 2 aromatic rings. The Labute approximate surface area is 66.3 Å². The van der Waals surface area contributed by atoms with Crippen LogP contribution in [0.4, 0.5) is 0 Å². The summed E-state index contributed by atoms with van der Waals surface area (Å²) in [5.41, 5.74) is 0.697. The molecule has 0 N–H and O–H groups in total. The van der Waals surface area contributed by atoms with Crippen molar-refractivity contribution in [2.24, 2.45) is 0 Å². The van der Waals surface area contributed by atoms with Crippen molar-refractivity contribution in [3.63, 3.8) is 0 Å². The van der Waals surface area contributed by atoms with E-state index in [2.05, 4.69) is 20.6 Å². The van der Waals surface area contributed by atoms with E-state index < -0.39 is 0 Å². The molecule has 0 aliphatic rings. The van der Waals surface area contributed by atoms with Crippen molar-refractivity contribution in [1.29, 1.82) is 0 Å². The lowest BCUT2D eigenvalue weighted by Gasteiger charge is -1.96. The van der Waals surface area contributed by atoms with E-state index in [1.165, 1.54) is 4.85 Å². The highest BCUT2D eigenvalue weighted by Crippen LogP contribution is 2.06. The van der Waals surface area contributed by atoms with Gasteiger partial charge in [-0.3, -0.25) is 0 Å². The van der Waals surface area contributed by atoms with E-state index in [0.29, 0.717) is 5.65 Å². The van der Waals surface area contributed by atoms with Crippen LogP contribution in [0.1, 0.15) is 0 Å². The van der Waals surface area contributed by atoms with Gasteiger partial charge in [0.2, 0.25) is 0 Å². The van der Waals surface area contributed by atoms with Crippen molar-refractivity contribution in [2.45, 2.75) is 0 Å². The van der Waals surface area contributed by atoms with Gasteiger partial charge < -0.3 is 4.53 Å². The van der Waals surface area contributed by atoms with Crippen molar-refractivity contribution in [3.05, 3.63) is 24.5 Å². The van der Waals surface area contributed by atoms with Crippen LogP contribution < -0.4 is 4.53 Å². The maximum absolute atomic E-state index is 4.72. The zero-order valence-corrected chi connectivity index (χ0v) is 6.56. The van der Waals surface area contributed by atoms with E-state index in [0.717, 1.165) is 5.39 Å². The zero-order chi connectivity index (χ0) is 7.68. The van der Waals surface area contributed by atoms with E-state index in [1.807, 2.05) is 12.1 Å². The summed E-state index contributed by atoms with van der Waals surface area (Å²) in [6.45, 7) is 0. The van der Waals surface area contributed by atoms with Crippen LogP contribution >= 0.6 is 0 Å². The van der Waals surface area contributed by atoms with Crippen molar-refractivity contribution < 1.29 is 4.53 Å². The van der Waals surface area contributed by atoms with E-state index >= 15 is 0 Å². The van der Waals surface area contributed by atoms with Crippen molar-refractivity contribution in [1.82, 2.24) is 14.9 Å². The largest absolute Gasteiger partial charge is 0.453 e. The minimum Gasteiger partial charge on any atom is -0.453 e. The Kier molecular flexibility index (Phi) is 1.36. The van der Waals surface area contributed by atoms with Gasteiger partial charge >= 0.3 is 10.5 Å². The maximum atomic E-state index is 4.72. The van der Waals surface area contributed by atoms with Gasteiger partial charge in [0, 0.05) is 11.6 Å². The molecular weight excluding hydrogens is 158 g/mol. The molecule has 0 spiro atoms. The summed E-state index contributed by atoms with van der Waals surface area (Å²) in [7, 11) is 2.86. The highest BCUT2D eigenvalue weighted by atomic mass is 28.2. The predicted molar refractivity (Wildman–Crippen MR) is 39.9 cm³/mol. The molecule has 0 unspecified atom stereocenters. The Morgan fingerprint density at radius 3 is 3.27 bits per heavy atom. The monoisotopic (exact) mass is 162 g/mol. The second-order valence-corrected chi connectivity index (χ2v) is 2.21. The number of nitrogens with zero attached hydrogens (tertiary/aromatic N) is 3. The van der Waals surface area contributed by atoms with Crippen LogP contribution in [0.3, 0.4) is 0 Å². The summed E-state index contributed by atoms with van der Waals surface area (Å²) in [5.74, 6) is 0. The molecule has 2 heterocycles. The van der Waals surface area contributed by atoms with E-state index in [9.17, 15) is 0 Å². The number of aromatic nitrogens is 3. The molecule has 0 amide bonds. The van der Waals surface area contributed by atoms with Gasteiger partial charge in [-0.2, -0.15) is 0 Å². The molecule has 0 aromatic carbocycles. The predicted octanol–water partition coefficient (Wildman–Crippen LogP) is -0.0566. The van der Waals surface area contributed by atoms with Gasteiger partial charge in [-0.05, 0) is 12.1 Å². The molecule has 4 nitrogen and oxygen atoms in total. The molecule has 0 bridgehead atoms. The molecule has 0 saturated carbocycles. The highest BCUT2D eigenvalue weighted by Gasteiger charge is 1.99. The van der Waals surface area contributed by atoms with Gasteiger partial charge in [-0.15, -0.1) is 5.10 Å². The molecule has 0 aliphatic heterocycles. The fraction of sp³-hybridized carbons (Fsp3) is 0. The van der Waals surface area contributed by atoms with Crippen LogP contribution in [0.15, 0.2) is 24.5 Å². The molecule has 53 valence electrons. The molecular formula is C6H4N3OSi. The molecule has 2 rings (SSSR count). The summed E-state index contributed by atoms with van der Waals surface area (Å²) in [6, 6.07) is 3.76. The quantitative estimate of drug-likeness (QED) is 0.552. The maximum Gasteiger partial charge on any atom is 0.387 e. The first-order valence-corrected chi connectivity index (χ1v) is 3.45. The SMILES string of the molecule is [Si]On1ncc2cccnc21. The standard InChI is InChI=1S/C6H4N3OSi/c11-10-9-6-5(4-8-9)2-1-3-7-6/h1-4H. The average molecular weight is 162 g/mol. The molecule has 0 saturated heterocycles. The Hall–Kier alpha value is -1.36. The van der Waals surface area contributed by atoms with Crippen LogP contribution in [0, 0.1) is 0 Å². The van der Waals surface area contributed by atoms with Crippen LogP contribution in [0.25, 0.3) is 11.0 Å². The van der Waals surface area contributed by atoms with Crippen molar-refractivity contribution >= 4 is 21.5 Å². The van der Waals surface area contributed by atoms with Gasteiger partial charge in [0.1, 0.15) is 0 Å². The second-order valence-electron chi connectivity index (χ2n) is 2.03. The van der Waals surface area contributed by atoms with Gasteiger partial charge in [0.15, 0.2) is 5.65 Å². The smallest absolute Gasteiger partial charge is 0.387 e. The average Bonchev–Trinajstić information content (AvgIpc) is 2.47. The number of rotatable bonds is 1. The van der Waals surface area contributed by atoms with Gasteiger partial charge in [-0.1, -0.05) is 4.85 Å². The molecule has 0 atom stereocenters. The van der Waals surface area contributed by atoms with Crippen LogP contribution in [0.5, 0.6) is 0 Å². The Morgan fingerprint density at radius 1 is 1.55 bits per heavy atom. The van der Waals surface area contributed by atoms with E-state index in [-0.39, 0.29) is 0 Å². The molecule has 0 aliphatic carbocycles. The Balaban J connectivity index is 2.76. The van der Waals surface area contributed by atoms with E-state index in [1.54, 1.807) is 12.4 Å². The summed E-state index contributed by atoms with van der Waals surface area (Å²) in [4.78, 5) is 5.35. The fourth-order valence-electron chi connectivity index (χ4n) is 0.906. The third-order valence-corrected chi connectivity index (χ3v) is 1.56. The molecule has 2 aromatic heterocycles. The number of hydrogen-bond donors (Lipinski definition) is 0. The summed E-state index contributed by atoms with van der Waals surface area (Å²) < 4.78 is 4.72. The first-order chi connectivity index (χ1) is 5.42. The van der Waals surface area contributed by atoms with Crippen molar-refractivity contribution in [3.8, 4) is 0 Å². The lowest BCUT2D eigenvalue weighted by atomic mass is 10.4. The normalized spacial score (nSPS) is 10.3. The number of pyridine rings is 1. The summed E-state index contributed by atoms with van der Waals surface area (Å²) >= 11 is 0. The topological polar surface area (TPSA) is 39.9 Å². The Bertz CT molecular complexity index is 373. The third kappa shape index (κ3) is 0.893. The lowest BCUT2D eigenvalue weighted by Crippen LogP contribution is -2.08. The van der Waals surface area contributed by atoms with Gasteiger partial charge in [-0.25, -0.2) is 4.98 Å². The van der Waals surface area contributed by atoms with Gasteiger partial charge in [0.05, 0.1) is 6.20 Å². The summed E-state index contributed by atoms with van der Waals surface area (Å²) in [6.07, 6.45) is 3.37. The van der Waals surface area contributed by atoms with Crippen LogP contribution in [0.2, 0.25) is 0 Å². The van der Waals surface area contributed by atoms with Crippen LogP contribution in [-0.2, 0) is 0 Å².